The van der Waals surface area contributed by atoms with Crippen molar-refractivity contribution in [2.45, 2.75) is 0 Å². The van der Waals surface area contributed by atoms with Gasteiger partial charge in [-0.25, -0.2) is 4.98 Å². The predicted octanol–water partition coefficient (Wildman–Crippen LogP) is 2.24. The van der Waals surface area contributed by atoms with Gasteiger partial charge in [0.05, 0.1) is 19.4 Å². The van der Waals surface area contributed by atoms with Crippen LogP contribution in [0.15, 0.2) is 42.6 Å². The molecule has 1 aromatic heterocycles. The SMILES string of the molecule is O=C(Nc1ccc(Cl)cc1)c1ccc[nH+]c1N1CCOCC1. The lowest BCUT2D eigenvalue weighted by Crippen LogP contribution is -2.40. The molecule has 5 nitrogen and oxygen atoms in total. The molecule has 2 N–H and O–H groups in total. The molecule has 1 aliphatic heterocycles. The Morgan fingerprint density at radius 2 is 1.91 bits per heavy atom. The highest BCUT2D eigenvalue weighted by atomic mass is 35.5. The minimum atomic E-state index is -0.152. The van der Waals surface area contributed by atoms with Crippen LogP contribution in [0.4, 0.5) is 11.5 Å². The van der Waals surface area contributed by atoms with Crippen molar-refractivity contribution in [2.24, 2.45) is 0 Å². The van der Waals surface area contributed by atoms with Gasteiger partial charge in [-0.3, -0.25) is 9.69 Å². The quantitative estimate of drug-likeness (QED) is 0.944. The van der Waals surface area contributed by atoms with E-state index >= 15 is 0 Å². The molecule has 3 rings (SSSR count). The molecule has 0 saturated carbocycles. The highest BCUT2D eigenvalue weighted by Gasteiger charge is 2.25. The van der Waals surface area contributed by atoms with Gasteiger partial charge in [0.1, 0.15) is 18.7 Å². The number of hydrogen-bond donors (Lipinski definition) is 1. The fourth-order valence-corrected chi connectivity index (χ4v) is 2.52. The summed E-state index contributed by atoms with van der Waals surface area (Å²) in [7, 11) is 0. The highest BCUT2D eigenvalue weighted by Crippen LogP contribution is 2.19. The molecule has 1 amide bonds. The Balaban J connectivity index is 1.81. The number of anilines is 2. The van der Waals surface area contributed by atoms with Crippen molar-refractivity contribution < 1.29 is 14.5 Å². The highest BCUT2D eigenvalue weighted by molar-refractivity contribution is 6.30. The number of benzene rings is 1. The summed E-state index contributed by atoms with van der Waals surface area (Å²) in [5.74, 6) is 0.665. The molecule has 1 aliphatic rings. The maximum Gasteiger partial charge on any atom is 0.287 e. The van der Waals surface area contributed by atoms with E-state index in [9.17, 15) is 4.79 Å². The summed E-state index contributed by atoms with van der Waals surface area (Å²) < 4.78 is 5.36. The molecule has 6 heteroatoms. The van der Waals surface area contributed by atoms with Gasteiger partial charge in [0.2, 0.25) is 0 Å². The van der Waals surface area contributed by atoms with Gasteiger partial charge in [-0.2, -0.15) is 0 Å². The van der Waals surface area contributed by atoms with E-state index in [-0.39, 0.29) is 5.91 Å². The zero-order valence-electron chi connectivity index (χ0n) is 12.0. The van der Waals surface area contributed by atoms with Crippen LogP contribution >= 0.6 is 11.6 Å². The Labute approximate surface area is 133 Å². The standard InChI is InChI=1S/C16H16ClN3O2/c17-12-3-5-13(6-4-12)19-16(21)14-2-1-7-18-15(14)20-8-10-22-11-9-20/h1-7H,8-11H2,(H,19,21)/p+1. The van der Waals surface area contributed by atoms with Gasteiger partial charge in [-0.15, -0.1) is 0 Å². The van der Waals surface area contributed by atoms with Gasteiger partial charge in [0.15, 0.2) is 0 Å². The number of carbonyl (C=O) groups excluding carboxylic acids is 1. The normalized spacial score (nSPS) is 14.7. The Morgan fingerprint density at radius 3 is 2.64 bits per heavy atom. The number of morpholine rings is 1. The summed E-state index contributed by atoms with van der Waals surface area (Å²) in [5, 5.41) is 3.53. The van der Waals surface area contributed by atoms with Crippen LogP contribution in [0.2, 0.25) is 5.02 Å². The zero-order valence-corrected chi connectivity index (χ0v) is 12.8. The predicted molar refractivity (Wildman–Crippen MR) is 85.4 cm³/mol. The Hall–Kier alpha value is -2.11. The molecular weight excluding hydrogens is 302 g/mol. The van der Waals surface area contributed by atoms with Crippen LogP contribution in [0.3, 0.4) is 0 Å². The lowest BCUT2D eigenvalue weighted by molar-refractivity contribution is -0.364. The third-order valence-corrected chi connectivity index (χ3v) is 3.76. The molecular formula is C16H17ClN3O2+. The van der Waals surface area contributed by atoms with Gasteiger partial charge >= 0.3 is 0 Å². The van der Waals surface area contributed by atoms with Crippen molar-refractivity contribution in [2.75, 3.05) is 36.5 Å². The first-order valence-corrected chi connectivity index (χ1v) is 7.52. The van der Waals surface area contributed by atoms with Crippen molar-refractivity contribution in [1.29, 1.82) is 0 Å². The van der Waals surface area contributed by atoms with Crippen molar-refractivity contribution in [1.82, 2.24) is 0 Å². The fraction of sp³-hybridized carbons (Fsp3) is 0.250. The Bertz CT molecular complexity index is 655. The van der Waals surface area contributed by atoms with Crippen LogP contribution in [0, 0.1) is 0 Å². The lowest BCUT2D eigenvalue weighted by atomic mass is 10.2. The van der Waals surface area contributed by atoms with E-state index in [2.05, 4.69) is 15.2 Å². The van der Waals surface area contributed by atoms with E-state index in [1.807, 2.05) is 18.3 Å². The maximum atomic E-state index is 12.5. The molecule has 1 saturated heterocycles. The number of hydrogen-bond acceptors (Lipinski definition) is 3. The van der Waals surface area contributed by atoms with Crippen LogP contribution in [0.25, 0.3) is 0 Å². The number of ether oxygens (including phenoxy) is 1. The van der Waals surface area contributed by atoms with Crippen LogP contribution in [0.5, 0.6) is 0 Å². The number of rotatable bonds is 3. The summed E-state index contributed by atoms with van der Waals surface area (Å²) in [6.07, 6.45) is 1.82. The first kappa shape index (κ1) is 14.8. The average molecular weight is 319 g/mol. The summed E-state index contributed by atoms with van der Waals surface area (Å²) in [4.78, 5) is 17.8. The first-order valence-electron chi connectivity index (χ1n) is 7.14. The Morgan fingerprint density at radius 1 is 1.18 bits per heavy atom. The van der Waals surface area contributed by atoms with Crippen LogP contribution < -0.4 is 15.2 Å². The van der Waals surface area contributed by atoms with E-state index < -0.39 is 0 Å². The third kappa shape index (κ3) is 3.37. The maximum absolute atomic E-state index is 12.5. The topological polar surface area (TPSA) is 55.7 Å². The van der Waals surface area contributed by atoms with E-state index in [1.54, 1.807) is 24.3 Å². The van der Waals surface area contributed by atoms with Gasteiger partial charge in [0, 0.05) is 10.7 Å². The van der Waals surface area contributed by atoms with Crippen molar-refractivity contribution in [3.63, 3.8) is 0 Å². The van der Waals surface area contributed by atoms with Gasteiger partial charge < -0.3 is 10.1 Å². The van der Waals surface area contributed by atoms with Crippen LogP contribution in [-0.4, -0.2) is 32.2 Å². The summed E-state index contributed by atoms with van der Waals surface area (Å²) >= 11 is 5.86. The molecule has 22 heavy (non-hydrogen) atoms. The van der Waals surface area contributed by atoms with Crippen LogP contribution in [-0.2, 0) is 4.74 Å². The molecule has 114 valence electrons. The molecule has 2 heterocycles. The van der Waals surface area contributed by atoms with Gasteiger partial charge in [-0.1, -0.05) is 11.6 Å². The Kier molecular flexibility index (Phi) is 4.56. The van der Waals surface area contributed by atoms with Crippen molar-refractivity contribution >= 4 is 29.0 Å². The second-order valence-corrected chi connectivity index (χ2v) is 5.43. The fourth-order valence-electron chi connectivity index (χ4n) is 2.39. The minimum Gasteiger partial charge on any atom is -0.373 e. The molecule has 1 fully saturated rings. The number of carbonyl (C=O) groups is 1. The molecule has 2 aromatic rings. The van der Waals surface area contributed by atoms with Gasteiger partial charge in [0.25, 0.3) is 11.7 Å². The van der Waals surface area contributed by atoms with Crippen molar-refractivity contribution in [3.8, 4) is 0 Å². The van der Waals surface area contributed by atoms with Crippen LogP contribution in [0.1, 0.15) is 10.4 Å². The minimum absolute atomic E-state index is 0.152. The summed E-state index contributed by atoms with van der Waals surface area (Å²) in [6, 6.07) is 10.7. The molecule has 0 aliphatic carbocycles. The van der Waals surface area contributed by atoms with E-state index in [4.69, 9.17) is 16.3 Å². The molecule has 0 unspecified atom stereocenters. The number of nitrogens with one attached hydrogen (secondary N) is 2. The number of halogens is 1. The molecule has 1 aromatic carbocycles. The largest absolute Gasteiger partial charge is 0.373 e. The smallest absolute Gasteiger partial charge is 0.287 e. The molecule has 0 radical (unpaired) electrons. The number of pyridine rings is 1. The second kappa shape index (κ2) is 6.77. The van der Waals surface area contributed by atoms with Gasteiger partial charge in [-0.05, 0) is 36.4 Å². The number of amides is 1. The molecule has 0 bridgehead atoms. The number of nitrogens with zero attached hydrogens (tertiary/aromatic N) is 1. The zero-order chi connectivity index (χ0) is 15.4. The average Bonchev–Trinajstić information content (AvgIpc) is 2.58. The number of aromatic amines is 1. The van der Waals surface area contributed by atoms with E-state index in [0.29, 0.717) is 29.5 Å². The van der Waals surface area contributed by atoms with E-state index in [0.717, 1.165) is 18.9 Å². The molecule has 0 atom stereocenters. The third-order valence-electron chi connectivity index (χ3n) is 3.51. The monoisotopic (exact) mass is 318 g/mol. The molecule has 0 spiro atoms. The van der Waals surface area contributed by atoms with E-state index in [1.165, 1.54) is 0 Å². The summed E-state index contributed by atoms with van der Waals surface area (Å²) in [6.45, 7) is 2.87. The second-order valence-electron chi connectivity index (χ2n) is 4.99. The lowest BCUT2D eigenvalue weighted by Gasteiger charge is -2.22. The first-order chi connectivity index (χ1) is 10.7. The van der Waals surface area contributed by atoms with Crippen molar-refractivity contribution in [3.05, 3.63) is 53.2 Å². The summed E-state index contributed by atoms with van der Waals surface area (Å²) in [5.41, 5.74) is 1.32. The number of H-pyrrole nitrogens is 1. The number of aromatic nitrogens is 1.